The molecular weight excluding hydrogens is 283 g/mol. The average Bonchev–Trinajstić information content (AvgIpc) is 2.95. The van der Waals surface area contributed by atoms with Gasteiger partial charge in [0.15, 0.2) is 0 Å². The van der Waals surface area contributed by atoms with E-state index in [0.29, 0.717) is 25.2 Å². The third-order valence-corrected chi connectivity index (χ3v) is 3.86. The van der Waals surface area contributed by atoms with Crippen molar-refractivity contribution in [2.24, 2.45) is 0 Å². The molecule has 1 amide bonds. The number of carbonyl (C=O) groups excluding carboxylic acids is 1. The van der Waals surface area contributed by atoms with E-state index in [1.165, 1.54) is 12.1 Å². The maximum Gasteiger partial charge on any atom is 0.242 e. The summed E-state index contributed by atoms with van der Waals surface area (Å²) in [4.78, 5) is 14.3. The predicted octanol–water partition coefficient (Wildman–Crippen LogP) is 1.72. The van der Waals surface area contributed by atoms with Gasteiger partial charge in [0.25, 0.3) is 0 Å². The van der Waals surface area contributed by atoms with E-state index in [1.807, 2.05) is 28.8 Å². The van der Waals surface area contributed by atoms with Crippen molar-refractivity contribution in [2.75, 3.05) is 13.1 Å². The van der Waals surface area contributed by atoms with Crippen molar-refractivity contribution in [3.05, 3.63) is 53.6 Å². The van der Waals surface area contributed by atoms with Gasteiger partial charge in [-0.25, -0.2) is 4.39 Å². The molecule has 1 aromatic carbocycles. The largest absolute Gasteiger partial charge is 0.353 e. The van der Waals surface area contributed by atoms with E-state index in [9.17, 15) is 9.18 Å². The van der Waals surface area contributed by atoms with Gasteiger partial charge in [-0.15, -0.1) is 0 Å². The van der Waals surface area contributed by atoms with Crippen molar-refractivity contribution in [1.29, 1.82) is 0 Å². The highest BCUT2D eigenvalue weighted by Crippen LogP contribution is 2.25. The van der Waals surface area contributed by atoms with Crippen molar-refractivity contribution in [1.82, 2.24) is 20.0 Å². The zero-order chi connectivity index (χ0) is 15.5. The summed E-state index contributed by atoms with van der Waals surface area (Å²) in [6.07, 6.45) is 1.93. The second kappa shape index (κ2) is 6.27. The molecule has 0 radical (unpaired) electrons. The van der Waals surface area contributed by atoms with Gasteiger partial charge < -0.3 is 5.32 Å². The molecule has 0 saturated carbocycles. The first-order chi connectivity index (χ1) is 10.7. The minimum Gasteiger partial charge on any atom is -0.353 e. The molecule has 1 N–H and O–H groups in total. The lowest BCUT2D eigenvalue weighted by Crippen LogP contribution is -2.49. The van der Waals surface area contributed by atoms with Gasteiger partial charge in [-0.05, 0) is 30.7 Å². The van der Waals surface area contributed by atoms with Crippen LogP contribution in [0.25, 0.3) is 0 Å². The summed E-state index contributed by atoms with van der Waals surface area (Å²) in [6, 6.07) is 7.71. The Morgan fingerprint density at radius 1 is 1.41 bits per heavy atom. The van der Waals surface area contributed by atoms with Crippen LogP contribution in [0.2, 0.25) is 0 Å². The molecule has 1 unspecified atom stereocenters. The Kier molecular flexibility index (Phi) is 4.20. The Morgan fingerprint density at radius 3 is 3.00 bits per heavy atom. The standard InChI is InChI=1S/C16H19FN4O/c1-2-21-8-6-14(19-21)11-20-9-7-18-16(22)15(20)12-4-3-5-13(17)10-12/h3-6,8,10,15H,2,7,9,11H2,1H3,(H,18,22). The topological polar surface area (TPSA) is 50.2 Å². The lowest BCUT2D eigenvalue weighted by molar-refractivity contribution is -0.129. The van der Waals surface area contributed by atoms with Crippen LogP contribution < -0.4 is 5.32 Å². The first kappa shape index (κ1) is 14.7. The van der Waals surface area contributed by atoms with E-state index >= 15 is 0 Å². The van der Waals surface area contributed by atoms with Gasteiger partial charge in [0, 0.05) is 32.4 Å². The van der Waals surface area contributed by atoms with Crippen molar-refractivity contribution in [3.8, 4) is 0 Å². The van der Waals surface area contributed by atoms with Gasteiger partial charge in [-0.3, -0.25) is 14.4 Å². The molecule has 22 heavy (non-hydrogen) atoms. The highest BCUT2D eigenvalue weighted by Gasteiger charge is 2.31. The maximum atomic E-state index is 13.5. The van der Waals surface area contributed by atoms with Gasteiger partial charge in [0.05, 0.1) is 5.69 Å². The molecule has 0 aliphatic carbocycles. The van der Waals surface area contributed by atoms with Crippen molar-refractivity contribution in [3.63, 3.8) is 0 Å². The molecule has 1 atom stereocenters. The normalized spacial score (nSPS) is 19.2. The lowest BCUT2D eigenvalue weighted by Gasteiger charge is -2.34. The molecule has 0 spiro atoms. The summed E-state index contributed by atoms with van der Waals surface area (Å²) in [5, 5.41) is 7.32. The van der Waals surface area contributed by atoms with Crippen LogP contribution in [0.5, 0.6) is 0 Å². The van der Waals surface area contributed by atoms with Crippen LogP contribution in [-0.4, -0.2) is 33.7 Å². The number of aromatic nitrogens is 2. The SMILES string of the molecule is CCn1ccc(CN2CCNC(=O)C2c2cccc(F)c2)n1. The number of piperazine rings is 1. The van der Waals surface area contributed by atoms with Crippen LogP contribution in [0, 0.1) is 5.82 Å². The van der Waals surface area contributed by atoms with E-state index < -0.39 is 6.04 Å². The fourth-order valence-corrected chi connectivity index (χ4v) is 2.80. The first-order valence-corrected chi connectivity index (χ1v) is 7.47. The molecule has 1 aliphatic heterocycles. The summed E-state index contributed by atoms with van der Waals surface area (Å²) in [6.45, 7) is 4.72. The van der Waals surface area contributed by atoms with E-state index in [2.05, 4.69) is 10.4 Å². The molecule has 5 nitrogen and oxygen atoms in total. The quantitative estimate of drug-likeness (QED) is 0.935. The lowest BCUT2D eigenvalue weighted by atomic mass is 10.0. The fourth-order valence-electron chi connectivity index (χ4n) is 2.80. The highest BCUT2D eigenvalue weighted by atomic mass is 19.1. The van der Waals surface area contributed by atoms with Gasteiger partial charge in [-0.1, -0.05) is 12.1 Å². The van der Waals surface area contributed by atoms with Crippen LogP contribution in [0.3, 0.4) is 0 Å². The Morgan fingerprint density at radius 2 is 2.27 bits per heavy atom. The molecule has 1 saturated heterocycles. The van der Waals surface area contributed by atoms with Crippen LogP contribution in [0.1, 0.15) is 24.2 Å². The molecule has 2 heterocycles. The van der Waals surface area contributed by atoms with Crippen molar-refractivity contribution >= 4 is 5.91 Å². The smallest absolute Gasteiger partial charge is 0.242 e. The Hall–Kier alpha value is -2.21. The number of halogens is 1. The number of hydrogen-bond donors (Lipinski definition) is 1. The van der Waals surface area contributed by atoms with E-state index in [4.69, 9.17) is 0 Å². The number of nitrogens with one attached hydrogen (secondary N) is 1. The highest BCUT2D eigenvalue weighted by molar-refractivity contribution is 5.83. The zero-order valence-corrected chi connectivity index (χ0v) is 12.5. The second-order valence-corrected chi connectivity index (χ2v) is 5.38. The summed E-state index contributed by atoms with van der Waals surface area (Å²) >= 11 is 0. The minimum atomic E-state index is -0.476. The van der Waals surface area contributed by atoms with E-state index in [1.54, 1.807) is 12.1 Å². The minimum absolute atomic E-state index is 0.0909. The number of hydrogen-bond acceptors (Lipinski definition) is 3. The van der Waals surface area contributed by atoms with E-state index in [0.717, 1.165) is 12.2 Å². The molecule has 1 aromatic heterocycles. The molecule has 116 valence electrons. The number of rotatable bonds is 4. The van der Waals surface area contributed by atoms with Crippen LogP contribution >= 0.6 is 0 Å². The second-order valence-electron chi connectivity index (χ2n) is 5.38. The molecule has 1 fully saturated rings. The van der Waals surface area contributed by atoms with Gasteiger partial charge in [0.1, 0.15) is 11.9 Å². The monoisotopic (exact) mass is 302 g/mol. The Labute approximate surface area is 128 Å². The number of benzene rings is 1. The Balaban J connectivity index is 1.85. The molecule has 3 rings (SSSR count). The maximum absolute atomic E-state index is 13.5. The first-order valence-electron chi connectivity index (χ1n) is 7.47. The zero-order valence-electron chi connectivity index (χ0n) is 12.5. The molecule has 1 aliphatic rings. The molecule has 2 aromatic rings. The average molecular weight is 302 g/mol. The van der Waals surface area contributed by atoms with Crippen molar-refractivity contribution < 1.29 is 9.18 Å². The number of carbonyl (C=O) groups is 1. The van der Waals surface area contributed by atoms with Crippen molar-refractivity contribution in [2.45, 2.75) is 26.1 Å². The predicted molar refractivity (Wildman–Crippen MR) is 80.5 cm³/mol. The number of nitrogens with zero attached hydrogens (tertiary/aromatic N) is 3. The van der Waals surface area contributed by atoms with Crippen LogP contribution in [-0.2, 0) is 17.9 Å². The van der Waals surface area contributed by atoms with E-state index in [-0.39, 0.29) is 11.7 Å². The summed E-state index contributed by atoms with van der Waals surface area (Å²) in [7, 11) is 0. The fraction of sp³-hybridized carbons (Fsp3) is 0.375. The van der Waals surface area contributed by atoms with Gasteiger partial charge in [0.2, 0.25) is 5.91 Å². The summed E-state index contributed by atoms with van der Waals surface area (Å²) < 4.78 is 15.3. The number of aryl methyl sites for hydroxylation is 1. The molecule has 6 heteroatoms. The summed E-state index contributed by atoms with van der Waals surface area (Å²) in [5.41, 5.74) is 1.59. The van der Waals surface area contributed by atoms with Gasteiger partial charge in [-0.2, -0.15) is 5.10 Å². The summed E-state index contributed by atoms with van der Waals surface area (Å²) in [5.74, 6) is -0.419. The Bertz CT molecular complexity index is 670. The molecular formula is C16H19FN4O. The van der Waals surface area contributed by atoms with Gasteiger partial charge >= 0.3 is 0 Å². The third kappa shape index (κ3) is 3.01. The molecule has 0 bridgehead atoms. The van der Waals surface area contributed by atoms with Crippen LogP contribution in [0.15, 0.2) is 36.5 Å². The number of amides is 1. The third-order valence-electron chi connectivity index (χ3n) is 3.86. The van der Waals surface area contributed by atoms with Crippen LogP contribution in [0.4, 0.5) is 4.39 Å².